The normalized spacial score (nSPS) is 9.38. The molecule has 1 heteroatoms. The minimum atomic E-state index is 1.08. The molecular weight excluding hydrogens is 175 g/mol. The molecule has 0 heterocycles. The molecule has 76 valence electrons. The van der Waals surface area contributed by atoms with Gasteiger partial charge in [-0.3, -0.25) is 0 Å². The molecule has 0 saturated heterocycles. The Morgan fingerprint density at radius 3 is 1.92 bits per heavy atom. The molecule has 1 unspecified atom stereocenters. The largest absolute Gasteiger partial charge is 0.0992 e. The van der Waals surface area contributed by atoms with Gasteiger partial charge in [0.05, 0.1) is 0 Å². The molecule has 0 aliphatic carbocycles. The lowest BCUT2D eigenvalue weighted by molar-refractivity contribution is 0.579. The molecule has 0 N–H and O–H groups in total. The van der Waals surface area contributed by atoms with Crippen molar-refractivity contribution >= 4 is 9.24 Å². The Kier molecular flexibility index (Phi) is 12.0. The third kappa shape index (κ3) is 12.0. The highest BCUT2D eigenvalue weighted by molar-refractivity contribution is 7.23. The van der Waals surface area contributed by atoms with Gasteiger partial charge in [0.15, 0.2) is 0 Å². The fourth-order valence-electron chi connectivity index (χ4n) is 1.42. The lowest BCUT2D eigenvalue weighted by Gasteiger charge is -1.98. The minimum absolute atomic E-state index is 1.08. The van der Waals surface area contributed by atoms with E-state index < -0.39 is 0 Å². The number of hydrogen-bond donors (Lipinski definition) is 0. The summed E-state index contributed by atoms with van der Waals surface area (Å²) in [7, 11) is 2.45. The fraction of sp³-hybridized carbons (Fsp3) is 0.833. The molecule has 0 aromatic carbocycles. The number of rotatable bonds is 8. The van der Waals surface area contributed by atoms with E-state index in [0.717, 1.165) is 6.42 Å². The first-order valence-corrected chi connectivity index (χ1v) is 6.18. The molecule has 0 rings (SSSR count). The van der Waals surface area contributed by atoms with Crippen LogP contribution in [0.4, 0.5) is 0 Å². The van der Waals surface area contributed by atoms with Crippen LogP contribution >= 0.6 is 9.24 Å². The average Bonchev–Trinajstić information content (AvgIpc) is 2.16. The van der Waals surface area contributed by atoms with Gasteiger partial charge in [0, 0.05) is 6.42 Å². The summed E-state index contributed by atoms with van der Waals surface area (Å²) < 4.78 is 0. The molecule has 0 aromatic heterocycles. The van der Waals surface area contributed by atoms with Gasteiger partial charge in [0.25, 0.3) is 0 Å². The molecule has 0 spiro atoms. The van der Waals surface area contributed by atoms with Crippen LogP contribution in [0.25, 0.3) is 0 Å². The highest BCUT2D eigenvalue weighted by Gasteiger charge is 1.89. The van der Waals surface area contributed by atoms with Gasteiger partial charge in [-0.15, -0.1) is 0 Å². The Labute approximate surface area is 86.1 Å². The molecule has 0 fully saturated rings. The van der Waals surface area contributed by atoms with Gasteiger partial charge in [-0.2, -0.15) is 0 Å². The lowest BCUT2D eigenvalue weighted by atomic mass is 10.1. The summed E-state index contributed by atoms with van der Waals surface area (Å²) in [5.74, 6) is 3.07. The maximum atomic E-state index is 3.07. The third-order valence-corrected chi connectivity index (χ3v) is 2.46. The van der Waals surface area contributed by atoms with Crippen molar-refractivity contribution < 1.29 is 0 Å². The van der Waals surface area contributed by atoms with E-state index in [1.54, 1.807) is 0 Å². The predicted molar refractivity (Wildman–Crippen MR) is 64.7 cm³/mol. The first kappa shape index (κ1) is 13.0. The van der Waals surface area contributed by atoms with Gasteiger partial charge < -0.3 is 0 Å². The van der Waals surface area contributed by atoms with Crippen LogP contribution in [0, 0.1) is 11.6 Å². The molecule has 0 aliphatic rings. The van der Waals surface area contributed by atoms with Crippen LogP contribution in [0.1, 0.15) is 64.7 Å². The summed E-state index contributed by atoms with van der Waals surface area (Å²) >= 11 is 0. The van der Waals surface area contributed by atoms with Gasteiger partial charge in [0.1, 0.15) is 0 Å². The van der Waals surface area contributed by atoms with E-state index in [4.69, 9.17) is 0 Å². The maximum absolute atomic E-state index is 3.07. The van der Waals surface area contributed by atoms with Crippen LogP contribution < -0.4 is 0 Å². The first-order chi connectivity index (χ1) is 6.41. The van der Waals surface area contributed by atoms with E-state index in [9.17, 15) is 0 Å². The molecule has 0 aromatic rings. The van der Waals surface area contributed by atoms with Gasteiger partial charge in [-0.1, -0.05) is 72.7 Å². The standard InChI is InChI=1S/C12H23P/c1-2-3-4-5-6-7-8-9-10-11-12-13/h2-10,13H2,1H3. The van der Waals surface area contributed by atoms with Crippen LogP contribution in [-0.2, 0) is 0 Å². The highest BCUT2D eigenvalue weighted by Crippen LogP contribution is 2.08. The van der Waals surface area contributed by atoms with Crippen LogP contribution in [0.15, 0.2) is 0 Å². The maximum Gasteiger partial charge on any atom is 0.00919 e. The summed E-state index contributed by atoms with van der Waals surface area (Å²) in [5, 5.41) is 0. The summed E-state index contributed by atoms with van der Waals surface area (Å²) in [4.78, 5) is 0. The summed E-state index contributed by atoms with van der Waals surface area (Å²) in [6.45, 7) is 2.27. The third-order valence-electron chi connectivity index (χ3n) is 2.26. The Bertz CT molecular complexity index is 141. The molecule has 13 heavy (non-hydrogen) atoms. The second-order valence-electron chi connectivity index (χ2n) is 3.55. The molecule has 0 radical (unpaired) electrons. The Morgan fingerprint density at radius 1 is 0.846 bits per heavy atom. The molecular formula is C12H23P. The molecule has 0 amide bonds. The number of unbranched alkanes of at least 4 members (excludes halogenated alkanes) is 8. The second kappa shape index (κ2) is 12.0. The zero-order valence-corrected chi connectivity index (χ0v) is 10.1. The van der Waals surface area contributed by atoms with Crippen LogP contribution in [0.5, 0.6) is 0 Å². The monoisotopic (exact) mass is 198 g/mol. The van der Waals surface area contributed by atoms with E-state index in [2.05, 4.69) is 27.7 Å². The van der Waals surface area contributed by atoms with Gasteiger partial charge in [0.2, 0.25) is 0 Å². The zero-order valence-electron chi connectivity index (χ0n) is 8.94. The highest BCUT2D eigenvalue weighted by atomic mass is 31.0. The smallest absolute Gasteiger partial charge is 0.00919 e. The van der Waals surface area contributed by atoms with Crippen molar-refractivity contribution in [3.8, 4) is 11.6 Å². The SMILES string of the molecule is CCCCCCCCCCC#CP. The number of hydrogen-bond acceptors (Lipinski definition) is 0. The van der Waals surface area contributed by atoms with Crippen molar-refractivity contribution in [2.45, 2.75) is 64.7 Å². The summed E-state index contributed by atoms with van der Waals surface area (Å²) in [6.07, 6.45) is 12.2. The van der Waals surface area contributed by atoms with E-state index in [1.165, 1.54) is 51.4 Å². The zero-order chi connectivity index (χ0) is 9.78. The quantitative estimate of drug-likeness (QED) is 0.309. The van der Waals surface area contributed by atoms with Crippen molar-refractivity contribution in [3.63, 3.8) is 0 Å². The van der Waals surface area contributed by atoms with Crippen molar-refractivity contribution in [3.05, 3.63) is 0 Å². The van der Waals surface area contributed by atoms with E-state index >= 15 is 0 Å². The van der Waals surface area contributed by atoms with Crippen LogP contribution in [-0.4, -0.2) is 0 Å². The lowest BCUT2D eigenvalue weighted by Crippen LogP contribution is -1.79. The Morgan fingerprint density at radius 2 is 1.38 bits per heavy atom. The molecule has 0 saturated carbocycles. The molecule has 1 atom stereocenters. The first-order valence-electron chi connectivity index (χ1n) is 5.60. The Balaban J connectivity index is 2.86. The van der Waals surface area contributed by atoms with Crippen LogP contribution in [0.3, 0.4) is 0 Å². The second-order valence-corrected chi connectivity index (χ2v) is 3.83. The van der Waals surface area contributed by atoms with Crippen LogP contribution in [0.2, 0.25) is 0 Å². The van der Waals surface area contributed by atoms with Gasteiger partial charge >= 0.3 is 0 Å². The molecule has 0 bridgehead atoms. The summed E-state index contributed by atoms with van der Waals surface area (Å²) in [6, 6.07) is 0. The van der Waals surface area contributed by atoms with Gasteiger partial charge in [-0.25, -0.2) is 0 Å². The van der Waals surface area contributed by atoms with Crippen molar-refractivity contribution in [1.82, 2.24) is 0 Å². The van der Waals surface area contributed by atoms with Crippen molar-refractivity contribution in [1.29, 1.82) is 0 Å². The van der Waals surface area contributed by atoms with E-state index in [-0.39, 0.29) is 0 Å². The molecule has 0 aliphatic heterocycles. The Hall–Kier alpha value is -0.0100. The topological polar surface area (TPSA) is 0 Å². The average molecular weight is 198 g/mol. The fourth-order valence-corrected chi connectivity index (χ4v) is 1.56. The van der Waals surface area contributed by atoms with Crippen molar-refractivity contribution in [2.75, 3.05) is 0 Å². The van der Waals surface area contributed by atoms with E-state index in [1.807, 2.05) is 0 Å². The van der Waals surface area contributed by atoms with Gasteiger partial charge in [-0.05, 0) is 6.42 Å². The summed E-state index contributed by atoms with van der Waals surface area (Å²) in [5.41, 5.74) is 2.85. The predicted octanol–water partition coefficient (Wildman–Crippen LogP) is 4.35. The minimum Gasteiger partial charge on any atom is -0.0992 e. The molecule has 0 nitrogen and oxygen atoms in total. The van der Waals surface area contributed by atoms with E-state index in [0.29, 0.717) is 0 Å². The van der Waals surface area contributed by atoms with Crippen molar-refractivity contribution in [2.24, 2.45) is 0 Å².